The van der Waals surface area contributed by atoms with E-state index in [1.807, 2.05) is 11.8 Å². The Morgan fingerprint density at radius 2 is 1.90 bits per heavy atom. The van der Waals surface area contributed by atoms with E-state index >= 15 is 0 Å². The Balaban J connectivity index is 0.00000341. The molecule has 6 nitrogen and oxygen atoms in total. The summed E-state index contributed by atoms with van der Waals surface area (Å²) in [7, 11) is 0. The molecule has 7 heteroatoms. The molecule has 2 saturated heterocycles. The number of aliphatic imine (C=N–C) groups is 1. The molecular weight excluding hydrogens is 501 g/mol. The quantitative estimate of drug-likeness (QED) is 0.315. The number of carbonyl (C=O) groups excluding carboxylic acids is 1. The second-order valence-electron chi connectivity index (χ2n) is 8.77. The molecule has 3 rings (SSSR count). The number of piperidine rings is 1. The minimum absolute atomic E-state index is 0. The zero-order valence-electron chi connectivity index (χ0n) is 19.4. The van der Waals surface area contributed by atoms with E-state index < -0.39 is 0 Å². The van der Waals surface area contributed by atoms with Crippen LogP contribution in [0.25, 0.3) is 0 Å². The third-order valence-electron chi connectivity index (χ3n) is 6.19. The van der Waals surface area contributed by atoms with E-state index in [0.29, 0.717) is 13.0 Å². The van der Waals surface area contributed by atoms with E-state index in [2.05, 4.69) is 53.6 Å². The number of hydrogen-bond donors (Lipinski definition) is 2. The Kier molecular flexibility index (Phi) is 11.1. The van der Waals surface area contributed by atoms with Crippen molar-refractivity contribution in [2.75, 3.05) is 32.7 Å². The van der Waals surface area contributed by atoms with Gasteiger partial charge in [0.1, 0.15) is 0 Å². The van der Waals surface area contributed by atoms with Crippen LogP contribution in [0.3, 0.4) is 0 Å². The van der Waals surface area contributed by atoms with Gasteiger partial charge in [-0.3, -0.25) is 9.69 Å². The Hall–Kier alpha value is -1.35. The van der Waals surface area contributed by atoms with Gasteiger partial charge in [0.05, 0.1) is 6.54 Å². The second-order valence-corrected chi connectivity index (χ2v) is 8.77. The predicted octanol–water partition coefficient (Wildman–Crippen LogP) is 3.60. The summed E-state index contributed by atoms with van der Waals surface area (Å²) in [6, 6.07) is 8.96. The first kappa shape index (κ1) is 25.9. The molecule has 1 aromatic rings. The maximum atomic E-state index is 12.0. The minimum atomic E-state index is 0. The highest BCUT2D eigenvalue weighted by Crippen LogP contribution is 2.20. The van der Waals surface area contributed by atoms with E-state index in [1.54, 1.807) is 0 Å². The molecule has 0 aliphatic carbocycles. The van der Waals surface area contributed by atoms with Gasteiger partial charge in [-0.1, -0.05) is 38.1 Å². The molecule has 2 unspecified atom stereocenters. The van der Waals surface area contributed by atoms with Crippen molar-refractivity contribution in [2.45, 2.75) is 65.6 Å². The van der Waals surface area contributed by atoms with Crippen LogP contribution in [0, 0.1) is 5.92 Å². The second kappa shape index (κ2) is 13.3. The zero-order chi connectivity index (χ0) is 21.3. The average molecular weight is 542 g/mol. The van der Waals surface area contributed by atoms with Crippen molar-refractivity contribution >= 4 is 35.8 Å². The standard InChI is InChI=1S/C24H39N5O.HI/c1-4-23(30)29-14-12-22(18-29)27-24(25-5-2)26-15-20-10-6-7-11-21(20)17-28-13-8-9-19(3)16-28;/h6-7,10-11,19,22H,4-5,8-9,12-18H2,1-3H3,(H2,25,26,27);1H. The number of benzene rings is 1. The third kappa shape index (κ3) is 7.93. The summed E-state index contributed by atoms with van der Waals surface area (Å²) in [6.07, 6.45) is 4.20. The molecule has 31 heavy (non-hydrogen) atoms. The summed E-state index contributed by atoms with van der Waals surface area (Å²) < 4.78 is 0. The van der Waals surface area contributed by atoms with E-state index in [4.69, 9.17) is 4.99 Å². The minimum Gasteiger partial charge on any atom is -0.357 e. The molecule has 2 fully saturated rings. The van der Waals surface area contributed by atoms with Crippen molar-refractivity contribution in [3.8, 4) is 0 Å². The maximum absolute atomic E-state index is 12.0. The third-order valence-corrected chi connectivity index (χ3v) is 6.19. The first-order chi connectivity index (χ1) is 14.6. The van der Waals surface area contributed by atoms with Crippen LogP contribution in [0.4, 0.5) is 0 Å². The van der Waals surface area contributed by atoms with Crippen LogP contribution in [0.5, 0.6) is 0 Å². The molecule has 0 saturated carbocycles. The normalized spacial score (nSPS) is 22.2. The average Bonchev–Trinajstić information content (AvgIpc) is 3.21. The Labute approximate surface area is 205 Å². The van der Waals surface area contributed by atoms with Crippen molar-refractivity contribution in [3.63, 3.8) is 0 Å². The van der Waals surface area contributed by atoms with E-state index in [1.165, 1.54) is 37.1 Å². The van der Waals surface area contributed by atoms with Crippen LogP contribution in [0.2, 0.25) is 0 Å². The molecular formula is C24H40IN5O. The van der Waals surface area contributed by atoms with Crippen molar-refractivity contribution in [3.05, 3.63) is 35.4 Å². The molecule has 2 N–H and O–H groups in total. The van der Waals surface area contributed by atoms with Gasteiger partial charge in [0.2, 0.25) is 5.91 Å². The summed E-state index contributed by atoms with van der Waals surface area (Å²) >= 11 is 0. The number of hydrogen-bond acceptors (Lipinski definition) is 3. The number of nitrogens with one attached hydrogen (secondary N) is 2. The summed E-state index contributed by atoms with van der Waals surface area (Å²) in [5, 5.41) is 6.91. The van der Waals surface area contributed by atoms with Gasteiger partial charge >= 0.3 is 0 Å². The van der Waals surface area contributed by atoms with Gasteiger partial charge in [0.15, 0.2) is 5.96 Å². The maximum Gasteiger partial charge on any atom is 0.222 e. The summed E-state index contributed by atoms with van der Waals surface area (Å²) in [6.45, 7) is 12.9. The summed E-state index contributed by atoms with van der Waals surface area (Å²) in [5.41, 5.74) is 2.67. The molecule has 2 aliphatic rings. The molecule has 174 valence electrons. The van der Waals surface area contributed by atoms with Gasteiger partial charge in [-0.2, -0.15) is 0 Å². The molecule has 2 atom stereocenters. The van der Waals surface area contributed by atoms with Crippen molar-refractivity contribution in [2.24, 2.45) is 10.9 Å². The van der Waals surface area contributed by atoms with Gasteiger partial charge < -0.3 is 15.5 Å². The highest BCUT2D eigenvalue weighted by Gasteiger charge is 2.25. The van der Waals surface area contributed by atoms with E-state index in [-0.39, 0.29) is 35.9 Å². The highest BCUT2D eigenvalue weighted by atomic mass is 127. The Bertz CT molecular complexity index is 726. The van der Waals surface area contributed by atoms with Crippen molar-refractivity contribution in [1.29, 1.82) is 0 Å². The monoisotopic (exact) mass is 541 g/mol. The fourth-order valence-electron chi connectivity index (χ4n) is 4.54. The molecule has 0 radical (unpaired) electrons. The summed E-state index contributed by atoms with van der Waals surface area (Å²) in [5.74, 6) is 1.87. The number of guanidine groups is 1. The van der Waals surface area contributed by atoms with Crippen molar-refractivity contribution in [1.82, 2.24) is 20.4 Å². The molecule has 1 aromatic carbocycles. The van der Waals surface area contributed by atoms with Crippen LogP contribution in [0.1, 0.15) is 57.6 Å². The largest absolute Gasteiger partial charge is 0.357 e. The predicted molar refractivity (Wildman–Crippen MR) is 139 cm³/mol. The number of halogens is 1. The number of likely N-dealkylation sites (tertiary alicyclic amines) is 2. The lowest BCUT2D eigenvalue weighted by Gasteiger charge is -2.31. The highest BCUT2D eigenvalue weighted by molar-refractivity contribution is 14.0. The zero-order valence-corrected chi connectivity index (χ0v) is 21.7. The SMILES string of the molecule is CCNC(=NCc1ccccc1CN1CCCC(C)C1)NC1CCN(C(=O)CC)C1.I. The lowest BCUT2D eigenvalue weighted by Crippen LogP contribution is -2.45. The molecule has 0 bridgehead atoms. The Morgan fingerprint density at radius 1 is 1.13 bits per heavy atom. The van der Waals surface area contributed by atoms with Crippen molar-refractivity contribution < 1.29 is 4.79 Å². The number of rotatable bonds is 7. The number of carbonyl (C=O) groups is 1. The number of amides is 1. The van der Waals surface area contributed by atoms with Crippen LogP contribution in [-0.2, 0) is 17.9 Å². The first-order valence-corrected chi connectivity index (χ1v) is 11.7. The topological polar surface area (TPSA) is 60.0 Å². The molecule has 0 aromatic heterocycles. The smallest absolute Gasteiger partial charge is 0.222 e. The van der Waals surface area contributed by atoms with Crippen LogP contribution in [-0.4, -0.2) is 60.4 Å². The van der Waals surface area contributed by atoms with Gasteiger partial charge in [0.25, 0.3) is 0 Å². The van der Waals surface area contributed by atoms with Crippen LogP contribution >= 0.6 is 24.0 Å². The van der Waals surface area contributed by atoms with E-state index in [0.717, 1.165) is 44.5 Å². The molecule has 1 amide bonds. The lowest BCUT2D eigenvalue weighted by atomic mass is 9.99. The van der Waals surface area contributed by atoms with Crippen LogP contribution in [0.15, 0.2) is 29.3 Å². The van der Waals surface area contributed by atoms with Gasteiger partial charge in [-0.25, -0.2) is 4.99 Å². The fourth-order valence-corrected chi connectivity index (χ4v) is 4.54. The van der Waals surface area contributed by atoms with E-state index in [9.17, 15) is 4.79 Å². The van der Waals surface area contributed by atoms with Gasteiger partial charge in [-0.15, -0.1) is 24.0 Å². The lowest BCUT2D eigenvalue weighted by molar-refractivity contribution is -0.129. The Morgan fingerprint density at radius 3 is 2.61 bits per heavy atom. The molecule has 2 aliphatic heterocycles. The summed E-state index contributed by atoms with van der Waals surface area (Å²) in [4.78, 5) is 21.4. The van der Waals surface area contributed by atoms with Gasteiger partial charge in [0, 0.05) is 45.2 Å². The van der Waals surface area contributed by atoms with Gasteiger partial charge in [-0.05, 0) is 49.8 Å². The van der Waals surface area contributed by atoms with Crippen LogP contribution < -0.4 is 10.6 Å². The molecule has 2 heterocycles. The number of nitrogens with zero attached hydrogens (tertiary/aromatic N) is 3. The fraction of sp³-hybridized carbons (Fsp3) is 0.667. The molecule has 0 spiro atoms. The first-order valence-electron chi connectivity index (χ1n) is 11.7.